The van der Waals surface area contributed by atoms with Gasteiger partial charge < -0.3 is 9.47 Å². The van der Waals surface area contributed by atoms with E-state index in [2.05, 4.69) is 0 Å². The molecule has 1 saturated carbocycles. The van der Waals surface area contributed by atoms with Gasteiger partial charge in [-0.3, -0.25) is 0 Å². The summed E-state index contributed by atoms with van der Waals surface area (Å²) in [6.45, 7) is 2.33. The van der Waals surface area contributed by atoms with Crippen LogP contribution in [0.2, 0.25) is 0 Å². The number of epoxide rings is 1. The molecule has 2 atom stereocenters. The molecular formula is C18H32O3. The Morgan fingerprint density at radius 2 is 1.48 bits per heavy atom. The van der Waals surface area contributed by atoms with Gasteiger partial charge in [-0.05, 0) is 26.2 Å². The van der Waals surface area contributed by atoms with Crippen LogP contribution in [0.5, 0.6) is 0 Å². The second kappa shape index (κ2) is 8.77. The molecule has 3 heteroatoms. The lowest BCUT2D eigenvalue weighted by molar-refractivity contribution is -0.149. The molecule has 1 aliphatic carbocycles. The van der Waals surface area contributed by atoms with Crippen LogP contribution >= 0.6 is 0 Å². The first-order valence-electron chi connectivity index (χ1n) is 9.14. The van der Waals surface area contributed by atoms with E-state index >= 15 is 0 Å². The van der Waals surface area contributed by atoms with Crippen molar-refractivity contribution in [2.45, 2.75) is 102 Å². The number of carbonyl (C=O) groups is 1. The third-order valence-electron chi connectivity index (χ3n) is 4.95. The number of hydrogen-bond acceptors (Lipinski definition) is 3. The smallest absolute Gasteiger partial charge is 0.341 e. The molecule has 1 aliphatic heterocycles. The number of esters is 1. The van der Waals surface area contributed by atoms with Gasteiger partial charge in [-0.15, -0.1) is 0 Å². The van der Waals surface area contributed by atoms with E-state index in [4.69, 9.17) is 9.47 Å². The molecule has 21 heavy (non-hydrogen) atoms. The largest absolute Gasteiger partial charge is 0.464 e. The highest BCUT2D eigenvalue weighted by molar-refractivity contribution is 5.83. The van der Waals surface area contributed by atoms with Gasteiger partial charge in [0.25, 0.3) is 0 Å². The fourth-order valence-corrected chi connectivity index (χ4v) is 3.58. The lowest BCUT2D eigenvalue weighted by Crippen LogP contribution is -2.30. The second-order valence-corrected chi connectivity index (χ2v) is 6.64. The molecular weight excluding hydrogens is 264 g/mol. The molecule has 0 bridgehead atoms. The van der Waals surface area contributed by atoms with Gasteiger partial charge in [0.2, 0.25) is 0 Å². The SMILES string of the molecule is CCOC(=O)C12CCCCCCCCCCCCCC1O2. The minimum absolute atomic E-state index is 0.112. The lowest BCUT2D eigenvalue weighted by atomic mass is 9.94. The van der Waals surface area contributed by atoms with E-state index in [9.17, 15) is 4.79 Å². The Morgan fingerprint density at radius 3 is 2.05 bits per heavy atom. The van der Waals surface area contributed by atoms with Crippen molar-refractivity contribution in [1.82, 2.24) is 0 Å². The number of fused-ring (bicyclic) bond motifs is 1. The number of ether oxygens (including phenoxy) is 2. The van der Waals surface area contributed by atoms with Gasteiger partial charge >= 0.3 is 5.97 Å². The van der Waals surface area contributed by atoms with Crippen molar-refractivity contribution in [1.29, 1.82) is 0 Å². The maximum atomic E-state index is 12.2. The standard InChI is InChI=1S/C18H32O3/c1-2-20-17(19)18-15-13-11-9-7-5-3-4-6-8-10-12-14-16(18)21-18/h16H,2-15H2,1H3. The maximum absolute atomic E-state index is 12.2. The van der Waals surface area contributed by atoms with Gasteiger partial charge in [0.05, 0.1) is 12.7 Å². The monoisotopic (exact) mass is 296 g/mol. The van der Waals surface area contributed by atoms with Crippen LogP contribution < -0.4 is 0 Å². The van der Waals surface area contributed by atoms with Gasteiger partial charge in [0.15, 0.2) is 5.60 Å². The Labute approximate surface area is 129 Å². The van der Waals surface area contributed by atoms with Crippen LogP contribution in [0.4, 0.5) is 0 Å². The normalized spacial score (nSPS) is 32.3. The van der Waals surface area contributed by atoms with Crippen LogP contribution in [0, 0.1) is 0 Å². The molecule has 0 aromatic heterocycles. The van der Waals surface area contributed by atoms with E-state index in [0.717, 1.165) is 19.3 Å². The van der Waals surface area contributed by atoms with Crippen LogP contribution in [-0.2, 0) is 14.3 Å². The molecule has 0 radical (unpaired) electrons. The molecule has 2 rings (SSSR count). The Bertz CT molecular complexity index is 316. The zero-order chi connectivity index (χ0) is 15.0. The van der Waals surface area contributed by atoms with E-state index in [1.807, 2.05) is 6.92 Å². The molecule has 2 aliphatic rings. The molecule has 0 aromatic carbocycles. The molecule has 2 unspecified atom stereocenters. The van der Waals surface area contributed by atoms with Crippen LogP contribution in [-0.4, -0.2) is 24.3 Å². The number of hydrogen-bond donors (Lipinski definition) is 0. The summed E-state index contributed by atoms with van der Waals surface area (Å²) >= 11 is 0. The Hall–Kier alpha value is -0.570. The van der Waals surface area contributed by atoms with Crippen LogP contribution in [0.15, 0.2) is 0 Å². The van der Waals surface area contributed by atoms with Crippen molar-refractivity contribution in [3.63, 3.8) is 0 Å². The first-order chi connectivity index (χ1) is 10.3. The van der Waals surface area contributed by atoms with Crippen molar-refractivity contribution in [2.24, 2.45) is 0 Å². The minimum Gasteiger partial charge on any atom is -0.464 e. The van der Waals surface area contributed by atoms with Crippen molar-refractivity contribution < 1.29 is 14.3 Å². The zero-order valence-electron chi connectivity index (χ0n) is 13.7. The fraction of sp³-hybridized carbons (Fsp3) is 0.944. The number of rotatable bonds is 2. The van der Waals surface area contributed by atoms with Crippen LogP contribution in [0.3, 0.4) is 0 Å². The van der Waals surface area contributed by atoms with Crippen molar-refractivity contribution in [2.75, 3.05) is 6.61 Å². The quantitative estimate of drug-likeness (QED) is 0.544. The molecule has 0 aromatic rings. The molecule has 2 fully saturated rings. The average molecular weight is 296 g/mol. The molecule has 0 spiro atoms. The Kier molecular flexibility index (Phi) is 7.01. The molecule has 1 saturated heterocycles. The molecule has 1 heterocycles. The predicted octanol–water partition coefficient (Wildman–Crippen LogP) is 4.77. The average Bonchev–Trinajstić information content (AvgIpc) is 3.18. The lowest BCUT2D eigenvalue weighted by Gasteiger charge is -2.12. The van der Waals surface area contributed by atoms with Crippen molar-refractivity contribution >= 4 is 5.97 Å². The highest BCUT2D eigenvalue weighted by Crippen LogP contribution is 2.45. The fourth-order valence-electron chi connectivity index (χ4n) is 3.58. The summed E-state index contributed by atoms with van der Waals surface area (Å²) in [5.41, 5.74) is -0.573. The van der Waals surface area contributed by atoms with Crippen LogP contribution in [0.1, 0.15) is 90.4 Å². The Morgan fingerprint density at radius 1 is 0.952 bits per heavy atom. The van der Waals surface area contributed by atoms with Gasteiger partial charge in [-0.25, -0.2) is 4.79 Å². The molecule has 0 N–H and O–H groups in total. The zero-order valence-corrected chi connectivity index (χ0v) is 13.7. The molecule has 122 valence electrons. The summed E-state index contributed by atoms with van der Waals surface area (Å²) in [7, 11) is 0. The summed E-state index contributed by atoms with van der Waals surface area (Å²) < 4.78 is 11.1. The maximum Gasteiger partial charge on any atom is 0.341 e. The summed E-state index contributed by atoms with van der Waals surface area (Å²) in [6.07, 6.45) is 16.3. The number of carbonyl (C=O) groups excluding carboxylic acids is 1. The summed E-state index contributed by atoms with van der Waals surface area (Å²) in [5, 5.41) is 0. The minimum atomic E-state index is -0.573. The summed E-state index contributed by atoms with van der Waals surface area (Å²) in [5.74, 6) is -0.112. The first kappa shape index (κ1) is 16.8. The van der Waals surface area contributed by atoms with E-state index in [0.29, 0.717) is 6.61 Å². The van der Waals surface area contributed by atoms with E-state index in [1.165, 1.54) is 64.2 Å². The predicted molar refractivity (Wildman–Crippen MR) is 84.3 cm³/mol. The van der Waals surface area contributed by atoms with Gasteiger partial charge in [0.1, 0.15) is 0 Å². The first-order valence-corrected chi connectivity index (χ1v) is 9.14. The second-order valence-electron chi connectivity index (χ2n) is 6.64. The van der Waals surface area contributed by atoms with Gasteiger partial charge in [-0.1, -0.05) is 64.2 Å². The topological polar surface area (TPSA) is 38.8 Å². The van der Waals surface area contributed by atoms with E-state index in [-0.39, 0.29) is 12.1 Å². The molecule has 0 amide bonds. The third-order valence-corrected chi connectivity index (χ3v) is 4.95. The highest BCUT2D eigenvalue weighted by atomic mass is 16.7. The van der Waals surface area contributed by atoms with E-state index < -0.39 is 5.60 Å². The highest BCUT2D eigenvalue weighted by Gasteiger charge is 2.62. The van der Waals surface area contributed by atoms with Gasteiger partial charge in [-0.2, -0.15) is 0 Å². The Balaban J connectivity index is 1.84. The van der Waals surface area contributed by atoms with Crippen LogP contribution in [0.25, 0.3) is 0 Å². The third kappa shape index (κ3) is 4.98. The summed E-state index contributed by atoms with van der Waals surface area (Å²) in [4.78, 5) is 12.2. The summed E-state index contributed by atoms with van der Waals surface area (Å²) in [6, 6.07) is 0. The van der Waals surface area contributed by atoms with E-state index in [1.54, 1.807) is 0 Å². The van der Waals surface area contributed by atoms with Gasteiger partial charge in [0, 0.05) is 0 Å². The van der Waals surface area contributed by atoms with Crippen molar-refractivity contribution in [3.8, 4) is 0 Å². The van der Waals surface area contributed by atoms with Crippen molar-refractivity contribution in [3.05, 3.63) is 0 Å². The molecule has 3 nitrogen and oxygen atoms in total.